The second-order valence-electron chi connectivity index (χ2n) is 5.17. The fraction of sp³-hybridized carbons (Fsp3) is 0.538. The number of rotatable bonds is 6. The van der Waals surface area contributed by atoms with E-state index in [0.29, 0.717) is 5.13 Å². The van der Waals surface area contributed by atoms with Crippen LogP contribution in [0.2, 0.25) is 0 Å². The molecule has 0 unspecified atom stereocenters. The molecule has 23 heavy (non-hydrogen) atoms. The van der Waals surface area contributed by atoms with E-state index in [1.807, 2.05) is 17.0 Å². The molecule has 8 nitrogen and oxygen atoms in total. The molecule has 3 heterocycles. The van der Waals surface area contributed by atoms with Crippen LogP contribution in [-0.2, 0) is 23.1 Å². The minimum atomic E-state index is -0.0895. The zero-order valence-corrected chi connectivity index (χ0v) is 14.5. The summed E-state index contributed by atoms with van der Waals surface area (Å²) in [5, 5.41) is 14.4. The fourth-order valence-electron chi connectivity index (χ4n) is 2.26. The highest BCUT2D eigenvalue weighted by atomic mass is 32.2. The summed E-state index contributed by atoms with van der Waals surface area (Å²) < 4.78 is 7.33. The number of nitrogens with zero attached hydrogens (tertiary/aromatic N) is 4. The molecule has 0 aliphatic carbocycles. The lowest BCUT2D eigenvalue weighted by atomic mass is 10.4. The number of amides is 1. The Morgan fingerprint density at radius 3 is 3.04 bits per heavy atom. The number of hydrogen-bond donors (Lipinski definition) is 2. The number of aromatic nitrogens is 4. The summed E-state index contributed by atoms with van der Waals surface area (Å²) in [6.45, 7) is 4.41. The van der Waals surface area contributed by atoms with Crippen LogP contribution in [0.4, 0.5) is 5.13 Å². The van der Waals surface area contributed by atoms with E-state index in [4.69, 9.17) is 4.74 Å². The minimum absolute atomic E-state index is 0.0895. The summed E-state index contributed by atoms with van der Waals surface area (Å²) in [6, 6.07) is 0. The summed E-state index contributed by atoms with van der Waals surface area (Å²) in [5.74, 6) is 1.13. The first-order valence-corrected chi connectivity index (χ1v) is 9.20. The molecular weight excluding hydrogens is 336 g/mol. The lowest BCUT2D eigenvalue weighted by molar-refractivity contribution is -0.922. The highest BCUT2D eigenvalue weighted by Gasteiger charge is 2.19. The number of nitrogens with one attached hydrogen (secondary N) is 2. The lowest BCUT2D eigenvalue weighted by Gasteiger charge is -2.23. The summed E-state index contributed by atoms with van der Waals surface area (Å²) in [5.41, 5.74) is 0. The molecule has 0 atom stereocenters. The van der Waals surface area contributed by atoms with Gasteiger partial charge in [0.1, 0.15) is 19.6 Å². The van der Waals surface area contributed by atoms with E-state index in [9.17, 15) is 4.79 Å². The Kier molecular flexibility index (Phi) is 5.60. The average molecular weight is 355 g/mol. The van der Waals surface area contributed by atoms with Crippen LogP contribution in [0, 0.1) is 0 Å². The minimum Gasteiger partial charge on any atom is -0.370 e. The number of morpholine rings is 1. The van der Waals surface area contributed by atoms with Crippen molar-refractivity contribution in [3.63, 3.8) is 0 Å². The third kappa shape index (κ3) is 4.50. The van der Waals surface area contributed by atoms with Gasteiger partial charge in [0.05, 0.1) is 19.0 Å². The molecule has 3 rings (SSSR count). The quantitative estimate of drug-likeness (QED) is 0.674. The number of hydrogen-bond acceptors (Lipinski definition) is 7. The summed E-state index contributed by atoms with van der Waals surface area (Å²) in [7, 11) is 1.94. The molecule has 124 valence electrons. The SMILES string of the molecule is Cn1c(C[NH+]2CCOCC2)nnc1SCC(=O)Nc1nccs1. The highest BCUT2D eigenvalue weighted by molar-refractivity contribution is 7.99. The van der Waals surface area contributed by atoms with Crippen molar-refractivity contribution in [2.45, 2.75) is 11.7 Å². The van der Waals surface area contributed by atoms with E-state index in [-0.39, 0.29) is 11.7 Å². The van der Waals surface area contributed by atoms with Gasteiger partial charge in [-0.3, -0.25) is 4.79 Å². The standard InChI is InChI=1S/C13H18N6O2S2/c1-18-10(8-19-3-5-21-6-4-19)16-17-13(18)23-9-11(20)15-12-14-2-7-22-12/h2,7H,3-6,8-9H2,1H3,(H,14,15,20)/p+1. The van der Waals surface area contributed by atoms with Crippen molar-refractivity contribution in [1.29, 1.82) is 0 Å². The van der Waals surface area contributed by atoms with Crippen LogP contribution in [0.1, 0.15) is 5.82 Å². The van der Waals surface area contributed by atoms with Crippen molar-refractivity contribution in [1.82, 2.24) is 19.7 Å². The van der Waals surface area contributed by atoms with Gasteiger partial charge >= 0.3 is 0 Å². The summed E-state index contributed by atoms with van der Waals surface area (Å²) in [6.07, 6.45) is 1.66. The van der Waals surface area contributed by atoms with Crippen LogP contribution in [0.15, 0.2) is 16.7 Å². The van der Waals surface area contributed by atoms with Gasteiger partial charge in [-0.1, -0.05) is 11.8 Å². The van der Waals surface area contributed by atoms with E-state index in [2.05, 4.69) is 20.5 Å². The molecule has 1 amide bonds. The molecule has 1 fully saturated rings. The normalized spacial score (nSPS) is 15.7. The summed E-state index contributed by atoms with van der Waals surface area (Å²) in [4.78, 5) is 17.4. The van der Waals surface area contributed by atoms with Gasteiger partial charge in [-0.2, -0.15) is 0 Å². The maximum atomic E-state index is 11.9. The van der Waals surface area contributed by atoms with Crippen molar-refractivity contribution < 1.29 is 14.4 Å². The number of anilines is 1. The van der Waals surface area contributed by atoms with Crippen molar-refractivity contribution in [3.05, 3.63) is 17.4 Å². The first-order chi connectivity index (χ1) is 11.2. The largest absolute Gasteiger partial charge is 0.370 e. The van der Waals surface area contributed by atoms with Gasteiger partial charge in [-0.15, -0.1) is 21.5 Å². The zero-order chi connectivity index (χ0) is 16.1. The van der Waals surface area contributed by atoms with Crippen molar-refractivity contribution >= 4 is 34.1 Å². The molecule has 2 aromatic rings. The first kappa shape index (κ1) is 16.4. The Bertz CT molecular complexity index is 639. The fourth-order valence-corrected chi connectivity index (χ4v) is 3.53. The number of carbonyl (C=O) groups excluding carboxylic acids is 1. The second-order valence-corrected chi connectivity index (χ2v) is 7.01. The third-order valence-corrected chi connectivity index (χ3v) is 5.25. The molecule has 0 bridgehead atoms. The van der Waals surface area contributed by atoms with Gasteiger partial charge in [0.25, 0.3) is 0 Å². The molecule has 0 aromatic carbocycles. The van der Waals surface area contributed by atoms with Gasteiger partial charge in [-0.05, 0) is 0 Å². The zero-order valence-electron chi connectivity index (χ0n) is 12.8. The Labute approximate surface area is 142 Å². The molecule has 0 saturated carbocycles. The van der Waals surface area contributed by atoms with E-state index in [1.165, 1.54) is 28.0 Å². The number of quaternary nitrogens is 1. The monoisotopic (exact) mass is 355 g/mol. The van der Waals surface area contributed by atoms with Crippen molar-refractivity contribution in [2.75, 3.05) is 37.4 Å². The third-order valence-electron chi connectivity index (χ3n) is 3.54. The predicted molar refractivity (Wildman–Crippen MR) is 87.7 cm³/mol. The van der Waals surface area contributed by atoms with Gasteiger partial charge in [-0.25, -0.2) is 4.98 Å². The smallest absolute Gasteiger partial charge is 0.236 e. The number of thioether (sulfide) groups is 1. The number of thiazole rings is 1. The van der Waals surface area contributed by atoms with E-state index < -0.39 is 0 Å². The molecule has 2 N–H and O–H groups in total. The molecule has 0 spiro atoms. The number of carbonyl (C=O) groups is 1. The van der Waals surface area contributed by atoms with E-state index >= 15 is 0 Å². The first-order valence-electron chi connectivity index (χ1n) is 7.34. The molecule has 1 aliphatic rings. The van der Waals surface area contributed by atoms with Crippen molar-refractivity contribution in [2.24, 2.45) is 7.05 Å². The van der Waals surface area contributed by atoms with Crippen LogP contribution in [0.25, 0.3) is 0 Å². The maximum Gasteiger partial charge on any atom is 0.236 e. The van der Waals surface area contributed by atoms with Crippen molar-refractivity contribution in [3.8, 4) is 0 Å². The number of ether oxygens (including phenoxy) is 1. The Hall–Kier alpha value is -1.49. The maximum absolute atomic E-state index is 11.9. The van der Waals surface area contributed by atoms with Gasteiger partial charge < -0.3 is 19.5 Å². The lowest BCUT2D eigenvalue weighted by Crippen LogP contribution is -3.12. The summed E-state index contributed by atoms with van der Waals surface area (Å²) >= 11 is 2.78. The molecule has 1 aliphatic heterocycles. The Balaban J connectivity index is 1.51. The topological polar surface area (TPSA) is 86.4 Å². The second kappa shape index (κ2) is 7.86. The van der Waals surface area contributed by atoms with E-state index in [1.54, 1.807) is 6.20 Å². The van der Waals surface area contributed by atoms with Crippen LogP contribution in [0.5, 0.6) is 0 Å². The van der Waals surface area contributed by atoms with Crippen LogP contribution >= 0.6 is 23.1 Å². The Morgan fingerprint density at radius 2 is 2.30 bits per heavy atom. The molecule has 2 aromatic heterocycles. The predicted octanol–water partition coefficient (Wildman–Crippen LogP) is -0.582. The van der Waals surface area contributed by atoms with Gasteiger partial charge in [0.2, 0.25) is 5.91 Å². The van der Waals surface area contributed by atoms with Crippen LogP contribution in [-0.4, -0.2) is 57.7 Å². The van der Waals surface area contributed by atoms with Gasteiger partial charge in [0.15, 0.2) is 16.1 Å². The highest BCUT2D eigenvalue weighted by Crippen LogP contribution is 2.16. The molecule has 1 saturated heterocycles. The molecule has 10 heteroatoms. The van der Waals surface area contributed by atoms with Crippen LogP contribution < -0.4 is 10.2 Å². The molecule has 0 radical (unpaired) electrons. The van der Waals surface area contributed by atoms with E-state index in [0.717, 1.165) is 43.8 Å². The molecular formula is C13H19N6O2S2+. The Morgan fingerprint density at radius 1 is 1.48 bits per heavy atom. The average Bonchev–Trinajstić information content (AvgIpc) is 3.18. The van der Waals surface area contributed by atoms with Gasteiger partial charge in [0, 0.05) is 18.6 Å². The van der Waals surface area contributed by atoms with Crippen LogP contribution in [0.3, 0.4) is 0 Å².